The lowest BCUT2D eigenvalue weighted by atomic mass is 10.0. The highest BCUT2D eigenvalue weighted by Gasteiger charge is 2.22. The predicted octanol–water partition coefficient (Wildman–Crippen LogP) is 4.43. The molecule has 0 aliphatic carbocycles. The molecule has 0 aliphatic heterocycles. The molecule has 0 saturated heterocycles. The van der Waals surface area contributed by atoms with Crippen LogP contribution in [0.4, 0.5) is 0 Å². The van der Waals surface area contributed by atoms with Crippen LogP contribution in [0.3, 0.4) is 0 Å². The van der Waals surface area contributed by atoms with Gasteiger partial charge in [0.25, 0.3) is 5.91 Å². The summed E-state index contributed by atoms with van der Waals surface area (Å²) in [6.07, 6.45) is -0.0199. The minimum Gasteiger partial charge on any atom is -0.497 e. The lowest BCUT2D eigenvalue weighted by Crippen LogP contribution is -2.31. The average Bonchev–Trinajstić information content (AvgIpc) is 2.61. The summed E-state index contributed by atoms with van der Waals surface area (Å²) in [5.41, 5.74) is 0.897. The zero-order chi connectivity index (χ0) is 19.1. The summed E-state index contributed by atoms with van der Waals surface area (Å²) < 4.78 is 10.1. The van der Waals surface area contributed by atoms with Crippen molar-refractivity contribution in [3.63, 3.8) is 0 Å². The fourth-order valence-corrected chi connectivity index (χ4v) is 2.99. The Labute approximate surface area is 162 Å². The molecule has 0 bridgehead atoms. The quantitative estimate of drug-likeness (QED) is 0.704. The molecule has 1 N–H and O–H groups in total. The number of methoxy groups -OCH3 is 1. The number of carbonyl (C=O) groups is 2. The molecule has 7 heteroatoms. The topological polar surface area (TPSA) is 64.6 Å². The number of benzene rings is 2. The van der Waals surface area contributed by atoms with Crippen LogP contribution in [0.2, 0.25) is 10.0 Å². The van der Waals surface area contributed by atoms with E-state index in [9.17, 15) is 9.59 Å². The van der Waals surface area contributed by atoms with Crippen molar-refractivity contribution in [2.75, 3.05) is 13.7 Å². The predicted molar refractivity (Wildman–Crippen MR) is 101 cm³/mol. The molecule has 0 aliphatic rings. The zero-order valence-corrected chi connectivity index (χ0v) is 15.9. The van der Waals surface area contributed by atoms with Gasteiger partial charge < -0.3 is 14.8 Å². The van der Waals surface area contributed by atoms with E-state index >= 15 is 0 Å². The maximum Gasteiger partial charge on any atom is 0.308 e. The fourth-order valence-electron chi connectivity index (χ4n) is 2.42. The first kappa shape index (κ1) is 20.1. The summed E-state index contributed by atoms with van der Waals surface area (Å²) in [7, 11) is 1.56. The van der Waals surface area contributed by atoms with Crippen molar-refractivity contribution >= 4 is 35.1 Å². The largest absolute Gasteiger partial charge is 0.497 e. The van der Waals surface area contributed by atoms with Gasteiger partial charge >= 0.3 is 5.97 Å². The lowest BCUT2D eigenvalue weighted by molar-refractivity contribution is -0.143. The monoisotopic (exact) mass is 395 g/mol. The van der Waals surface area contributed by atoms with Gasteiger partial charge in [-0.2, -0.15) is 0 Å². The molecule has 0 heterocycles. The van der Waals surface area contributed by atoms with Crippen LogP contribution in [-0.2, 0) is 9.53 Å². The Kier molecular flexibility index (Phi) is 7.30. The van der Waals surface area contributed by atoms with Crippen molar-refractivity contribution in [1.82, 2.24) is 5.32 Å². The van der Waals surface area contributed by atoms with Gasteiger partial charge in [-0.3, -0.25) is 9.59 Å². The second-order valence-electron chi connectivity index (χ2n) is 5.41. The van der Waals surface area contributed by atoms with E-state index in [1.54, 1.807) is 56.5 Å². The van der Waals surface area contributed by atoms with E-state index < -0.39 is 17.9 Å². The fraction of sp³-hybridized carbons (Fsp3) is 0.263. The zero-order valence-electron chi connectivity index (χ0n) is 14.4. The van der Waals surface area contributed by atoms with Crippen LogP contribution in [0.1, 0.15) is 35.3 Å². The van der Waals surface area contributed by atoms with Crippen molar-refractivity contribution in [3.8, 4) is 5.75 Å². The molecule has 2 rings (SSSR count). The van der Waals surface area contributed by atoms with Crippen LogP contribution >= 0.6 is 23.2 Å². The van der Waals surface area contributed by atoms with Crippen LogP contribution in [0.15, 0.2) is 42.5 Å². The lowest BCUT2D eigenvalue weighted by Gasteiger charge is -2.19. The molecule has 0 radical (unpaired) electrons. The first-order chi connectivity index (χ1) is 12.5. The smallest absolute Gasteiger partial charge is 0.308 e. The summed E-state index contributed by atoms with van der Waals surface area (Å²) in [5, 5.41) is 3.28. The molecule has 1 amide bonds. The first-order valence-electron chi connectivity index (χ1n) is 8.00. The van der Waals surface area contributed by atoms with Crippen molar-refractivity contribution in [2.45, 2.75) is 19.4 Å². The molecule has 0 spiro atoms. The molecule has 0 saturated carbocycles. The van der Waals surface area contributed by atoms with Gasteiger partial charge in [-0.25, -0.2) is 0 Å². The van der Waals surface area contributed by atoms with Gasteiger partial charge in [0.15, 0.2) is 0 Å². The summed E-state index contributed by atoms with van der Waals surface area (Å²) in [5.74, 6) is -0.214. The highest BCUT2D eigenvalue weighted by molar-refractivity contribution is 6.39. The maximum absolute atomic E-state index is 12.7. The van der Waals surface area contributed by atoms with E-state index in [0.29, 0.717) is 5.75 Å². The molecule has 2 aromatic carbocycles. The van der Waals surface area contributed by atoms with Gasteiger partial charge in [0.1, 0.15) is 5.75 Å². The summed E-state index contributed by atoms with van der Waals surface area (Å²) in [6.45, 7) is 1.99. The number of nitrogens with one attached hydrogen (secondary N) is 1. The third kappa shape index (κ3) is 5.13. The number of rotatable bonds is 7. The average molecular weight is 396 g/mol. The minimum atomic E-state index is -0.597. The molecule has 1 atom stereocenters. The molecule has 5 nitrogen and oxygen atoms in total. The normalized spacial score (nSPS) is 11.5. The van der Waals surface area contributed by atoms with Crippen molar-refractivity contribution < 1.29 is 19.1 Å². The number of hydrogen-bond acceptors (Lipinski definition) is 4. The van der Waals surface area contributed by atoms with Crippen molar-refractivity contribution in [3.05, 3.63) is 63.6 Å². The molecule has 0 fully saturated rings. The molecular formula is C19H19Cl2NO4. The van der Waals surface area contributed by atoms with Gasteiger partial charge in [-0.05, 0) is 36.8 Å². The highest BCUT2D eigenvalue weighted by atomic mass is 35.5. The second kappa shape index (κ2) is 9.46. The highest BCUT2D eigenvalue weighted by Crippen LogP contribution is 2.26. The minimum absolute atomic E-state index is 0.0199. The van der Waals surface area contributed by atoms with E-state index in [2.05, 4.69) is 5.32 Å². The van der Waals surface area contributed by atoms with Gasteiger partial charge in [0, 0.05) is 0 Å². The molecule has 2 aromatic rings. The molecule has 26 heavy (non-hydrogen) atoms. The standard InChI is InChI=1S/C19H19Cl2NO4/c1-3-26-17(23)11-16(12-7-9-13(25-2)10-8-12)22-19(24)18-14(20)5-4-6-15(18)21/h4-10,16H,3,11H2,1-2H3,(H,22,24). The SMILES string of the molecule is CCOC(=O)CC(NC(=O)c1c(Cl)cccc1Cl)c1ccc(OC)cc1. The Morgan fingerprint density at radius 2 is 1.69 bits per heavy atom. The van der Waals surface area contributed by atoms with Crippen LogP contribution < -0.4 is 10.1 Å². The number of amides is 1. The summed E-state index contributed by atoms with van der Waals surface area (Å²) >= 11 is 12.2. The van der Waals surface area contributed by atoms with Gasteiger partial charge in [0.2, 0.25) is 0 Å². The van der Waals surface area contributed by atoms with Crippen LogP contribution in [-0.4, -0.2) is 25.6 Å². The van der Waals surface area contributed by atoms with Crippen LogP contribution in [0, 0.1) is 0 Å². The third-order valence-electron chi connectivity index (χ3n) is 3.69. The summed E-state index contributed by atoms with van der Waals surface area (Å²) in [6, 6.07) is 11.3. The van der Waals surface area contributed by atoms with Crippen molar-refractivity contribution in [2.24, 2.45) is 0 Å². The van der Waals surface area contributed by atoms with Gasteiger partial charge in [0.05, 0.1) is 41.8 Å². The van der Waals surface area contributed by atoms with E-state index in [1.807, 2.05) is 0 Å². The van der Waals surface area contributed by atoms with Crippen LogP contribution in [0.25, 0.3) is 0 Å². The molecule has 1 unspecified atom stereocenters. The number of esters is 1. The molecule has 0 aromatic heterocycles. The second-order valence-corrected chi connectivity index (χ2v) is 6.22. The van der Waals surface area contributed by atoms with E-state index in [1.165, 1.54) is 0 Å². The summed E-state index contributed by atoms with van der Waals surface area (Å²) in [4.78, 5) is 24.6. The molecule has 138 valence electrons. The van der Waals surface area contributed by atoms with Crippen molar-refractivity contribution in [1.29, 1.82) is 0 Å². The number of hydrogen-bond donors (Lipinski definition) is 1. The Bertz CT molecular complexity index is 757. The third-order valence-corrected chi connectivity index (χ3v) is 4.32. The Morgan fingerprint density at radius 3 is 2.23 bits per heavy atom. The van der Waals surface area contributed by atoms with E-state index in [-0.39, 0.29) is 28.6 Å². The van der Waals surface area contributed by atoms with E-state index in [0.717, 1.165) is 5.56 Å². The maximum atomic E-state index is 12.7. The van der Waals surface area contributed by atoms with E-state index in [4.69, 9.17) is 32.7 Å². The Balaban J connectivity index is 2.27. The Hall–Kier alpha value is -2.24. The Morgan fingerprint density at radius 1 is 1.08 bits per heavy atom. The number of carbonyl (C=O) groups excluding carboxylic acids is 2. The molecular weight excluding hydrogens is 377 g/mol. The van der Waals surface area contributed by atoms with Gasteiger partial charge in [-0.15, -0.1) is 0 Å². The first-order valence-corrected chi connectivity index (χ1v) is 8.76. The number of halogens is 2. The number of ether oxygens (including phenoxy) is 2. The van der Waals surface area contributed by atoms with Crippen LogP contribution in [0.5, 0.6) is 5.75 Å². The van der Waals surface area contributed by atoms with Gasteiger partial charge in [-0.1, -0.05) is 41.4 Å².